The van der Waals surface area contributed by atoms with E-state index in [9.17, 15) is 4.79 Å². The lowest BCUT2D eigenvalue weighted by Gasteiger charge is -2.39. The van der Waals surface area contributed by atoms with E-state index < -0.39 is 0 Å². The molecular formula is C12H26N2OS2. The molecule has 0 aromatic carbocycles. The van der Waals surface area contributed by atoms with Crippen LogP contribution in [-0.2, 0) is 4.79 Å². The van der Waals surface area contributed by atoms with Crippen LogP contribution in [0.2, 0.25) is 0 Å². The highest BCUT2D eigenvalue weighted by Gasteiger charge is 2.34. The number of nitrogens with one attached hydrogen (secondary N) is 2. The monoisotopic (exact) mass is 278 g/mol. The van der Waals surface area contributed by atoms with Crippen molar-refractivity contribution in [2.24, 2.45) is 11.8 Å². The molecule has 0 bridgehead atoms. The van der Waals surface area contributed by atoms with E-state index in [2.05, 4.69) is 24.5 Å². The predicted octanol–water partition coefficient (Wildman–Crippen LogP) is 1.51. The number of carbonyl (C=O) groups is 1. The fourth-order valence-corrected chi connectivity index (χ4v) is 2.48. The van der Waals surface area contributed by atoms with E-state index in [4.69, 9.17) is 0 Å². The summed E-state index contributed by atoms with van der Waals surface area (Å²) >= 11 is 0. The lowest BCUT2D eigenvalue weighted by atomic mass is 9.78. The molecule has 0 aromatic heterocycles. The molecule has 1 saturated carbocycles. The maximum Gasteiger partial charge on any atom is 0.237 e. The molecule has 1 aliphatic heterocycles. The smallest absolute Gasteiger partial charge is 0.237 e. The molecule has 1 saturated heterocycles. The largest absolute Gasteiger partial charge is 0.350 e. The van der Waals surface area contributed by atoms with Gasteiger partial charge in [0.25, 0.3) is 0 Å². The van der Waals surface area contributed by atoms with Crippen molar-refractivity contribution in [3.63, 3.8) is 0 Å². The molecule has 0 spiro atoms. The zero-order valence-electron chi connectivity index (χ0n) is 10.8. The van der Waals surface area contributed by atoms with Crippen molar-refractivity contribution >= 4 is 32.9 Å². The summed E-state index contributed by atoms with van der Waals surface area (Å²) in [6.07, 6.45) is 4.87. The molecule has 2 rings (SSSR count). The summed E-state index contributed by atoms with van der Waals surface area (Å²) in [6, 6.07) is 0.441. The molecule has 2 fully saturated rings. The molecule has 102 valence electrons. The van der Waals surface area contributed by atoms with Gasteiger partial charge in [0.1, 0.15) is 0 Å². The van der Waals surface area contributed by atoms with Crippen molar-refractivity contribution in [3.8, 4) is 0 Å². The molecule has 2 atom stereocenters. The van der Waals surface area contributed by atoms with Crippen LogP contribution in [0.25, 0.3) is 0 Å². The van der Waals surface area contributed by atoms with E-state index in [1.54, 1.807) is 0 Å². The van der Waals surface area contributed by atoms with Gasteiger partial charge < -0.3 is 10.6 Å². The van der Waals surface area contributed by atoms with Crippen molar-refractivity contribution < 1.29 is 4.79 Å². The lowest BCUT2D eigenvalue weighted by Crippen LogP contribution is -2.61. The first-order valence-corrected chi connectivity index (χ1v) is 6.20. The summed E-state index contributed by atoms with van der Waals surface area (Å²) in [7, 11) is 0. The lowest BCUT2D eigenvalue weighted by molar-refractivity contribution is -0.126. The fourth-order valence-electron chi connectivity index (χ4n) is 2.48. The van der Waals surface area contributed by atoms with E-state index in [-0.39, 0.29) is 38.9 Å². The van der Waals surface area contributed by atoms with Crippen LogP contribution in [0, 0.1) is 11.8 Å². The summed E-state index contributed by atoms with van der Waals surface area (Å²) < 4.78 is 0. The third-order valence-electron chi connectivity index (χ3n) is 3.65. The minimum atomic E-state index is 0. The number of carbonyl (C=O) groups excluding carboxylic acids is 1. The van der Waals surface area contributed by atoms with Crippen molar-refractivity contribution in [2.45, 2.75) is 51.6 Å². The summed E-state index contributed by atoms with van der Waals surface area (Å²) in [5.41, 5.74) is 0. The van der Waals surface area contributed by atoms with Gasteiger partial charge >= 0.3 is 0 Å². The Morgan fingerprint density at radius 1 is 1.29 bits per heavy atom. The maximum absolute atomic E-state index is 11.8. The first-order valence-electron chi connectivity index (χ1n) is 6.20. The fraction of sp³-hybridized carbons (Fsp3) is 0.917. The molecule has 17 heavy (non-hydrogen) atoms. The number of amides is 1. The number of hydrogen-bond donors (Lipinski definition) is 2. The second kappa shape index (κ2) is 7.54. The molecule has 1 amide bonds. The van der Waals surface area contributed by atoms with E-state index in [1.807, 2.05) is 0 Å². The van der Waals surface area contributed by atoms with Crippen LogP contribution in [0.5, 0.6) is 0 Å². The summed E-state index contributed by atoms with van der Waals surface area (Å²) in [4.78, 5) is 11.8. The van der Waals surface area contributed by atoms with E-state index >= 15 is 0 Å². The van der Waals surface area contributed by atoms with Crippen molar-refractivity contribution in [1.29, 1.82) is 0 Å². The highest BCUT2D eigenvalue weighted by molar-refractivity contribution is 7.59. The van der Waals surface area contributed by atoms with Gasteiger partial charge in [-0.15, -0.1) is 0 Å². The normalized spacial score (nSPS) is 28.8. The Morgan fingerprint density at radius 2 is 1.94 bits per heavy atom. The molecule has 2 N–H and O–H groups in total. The molecule has 1 heterocycles. The second-order valence-electron chi connectivity index (χ2n) is 5.40. The number of hydrogen-bond acceptors (Lipinski definition) is 2. The Hall–Kier alpha value is 0.130. The minimum absolute atomic E-state index is 0. The van der Waals surface area contributed by atoms with E-state index in [1.165, 1.54) is 19.3 Å². The van der Waals surface area contributed by atoms with Gasteiger partial charge in [-0.3, -0.25) is 4.79 Å². The van der Waals surface area contributed by atoms with Crippen LogP contribution in [0.3, 0.4) is 0 Å². The zero-order chi connectivity index (χ0) is 10.8. The van der Waals surface area contributed by atoms with Gasteiger partial charge in [0, 0.05) is 12.6 Å². The summed E-state index contributed by atoms with van der Waals surface area (Å²) in [5.74, 6) is 1.53. The summed E-state index contributed by atoms with van der Waals surface area (Å²) in [6.45, 7) is 5.29. The van der Waals surface area contributed by atoms with Gasteiger partial charge in [-0.05, 0) is 31.1 Å². The molecule has 3 nitrogen and oxygen atoms in total. The quantitative estimate of drug-likeness (QED) is 0.822. The Kier molecular flexibility index (Phi) is 7.60. The van der Waals surface area contributed by atoms with Crippen molar-refractivity contribution in [1.82, 2.24) is 10.6 Å². The van der Waals surface area contributed by atoms with E-state index in [0.29, 0.717) is 12.0 Å². The van der Waals surface area contributed by atoms with Crippen LogP contribution < -0.4 is 10.6 Å². The van der Waals surface area contributed by atoms with Gasteiger partial charge in [0.2, 0.25) is 5.91 Å². The van der Waals surface area contributed by atoms with Crippen LogP contribution in [0.4, 0.5) is 0 Å². The highest BCUT2D eigenvalue weighted by Crippen LogP contribution is 2.30. The minimum Gasteiger partial charge on any atom is -0.350 e. The Morgan fingerprint density at radius 3 is 2.35 bits per heavy atom. The average molecular weight is 278 g/mol. The Labute approximate surface area is 118 Å². The van der Waals surface area contributed by atoms with Crippen molar-refractivity contribution in [3.05, 3.63) is 0 Å². The van der Waals surface area contributed by atoms with Gasteiger partial charge in [0.15, 0.2) is 0 Å². The first kappa shape index (κ1) is 17.1. The van der Waals surface area contributed by atoms with Crippen LogP contribution in [0.15, 0.2) is 0 Å². The Bertz CT molecular complexity index is 245. The van der Waals surface area contributed by atoms with Crippen LogP contribution >= 0.6 is 27.0 Å². The molecule has 2 aliphatic rings. The maximum atomic E-state index is 11.8. The van der Waals surface area contributed by atoms with Crippen LogP contribution in [0.1, 0.15) is 39.5 Å². The first-order chi connectivity index (χ1) is 7.16. The third kappa shape index (κ3) is 4.38. The second-order valence-corrected chi connectivity index (χ2v) is 5.40. The molecule has 5 heteroatoms. The zero-order valence-corrected chi connectivity index (χ0v) is 12.8. The standard InChI is InChI=1S/C12H22N2O.2H2S/c1-8(2)6-10-12(15)14-11(7-13-10)9-4-3-5-9;;/h8-11,13H,3-7H2,1-2H3,(H,14,15);2*1H2/t10-,11+;;/m0../s1. The van der Waals surface area contributed by atoms with E-state index in [0.717, 1.165) is 18.9 Å². The van der Waals surface area contributed by atoms with Gasteiger partial charge in [0.05, 0.1) is 6.04 Å². The van der Waals surface area contributed by atoms with Gasteiger partial charge in [-0.25, -0.2) is 0 Å². The van der Waals surface area contributed by atoms with Crippen molar-refractivity contribution in [2.75, 3.05) is 6.54 Å². The van der Waals surface area contributed by atoms with Gasteiger partial charge in [-0.1, -0.05) is 20.3 Å². The molecule has 0 aromatic rings. The highest BCUT2D eigenvalue weighted by atomic mass is 32.1. The molecular weight excluding hydrogens is 252 g/mol. The summed E-state index contributed by atoms with van der Waals surface area (Å²) in [5, 5.41) is 6.56. The van der Waals surface area contributed by atoms with Gasteiger partial charge in [-0.2, -0.15) is 27.0 Å². The Balaban J connectivity index is 0.00000128. The molecule has 1 aliphatic carbocycles. The predicted molar refractivity (Wildman–Crippen MR) is 81.3 cm³/mol. The number of piperazine rings is 1. The topological polar surface area (TPSA) is 41.1 Å². The van der Waals surface area contributed by atoms with Crippen LogP contribution in [-0.4, -0.2) is 24.5 Å². The molecule has 0 radical (unpaired) electrons. The average Bonchev–Trinajstić information content (AvgIpc) is 2.06. The number of rotatable bonds is 3. The third-order valence-corrected chi connectivity index (χ3v) is 3.65. The SMILES string of the molecule is CC(C)C[C@@H]1NC[C@H](C2CCC2)NC1=O.S.S. The molecule has 0 unspecified atom stereocenters.